The maximum atomic E-state index is 12.1. The largest absolute Gasteiger partial charge is 0.496 e. The summed E-state index contributed by atoms with van der Waals surface area (Å²) >= 11 is 11.7. The molecular weight excluding hydrogens is 379 g/mol. The lowest BCUT2D eigenvalue weighted by atomic mass is 10.2. The molecule has 0 radical (unpaired) electrons. The van der Waals surface area contributed by atoms with E-state index in [1.165, 1.54) is 32.4 Å². The topological polar surface area (TPSA) is 77.5 Å². The van der Waals surface area contributed by atoms with E-state index in [4.69, 9.17) is 32.7 Å². The molecule has 0 aliphatic heterocycles. The number of methoxy groups -OCH3 is 1. The Labute approximate surface area is 160 Å². The molecule has 1 amide bonds. The molecule has 136 valence electrons. The number of pyridine rings is 1. The summed E-state index contributed by atoms with van der Waals surface area (Å²) in [6.07, 6.45) is 3.06. The van der Waals surface area contributed by atoms with Gasteiger partial charge in [0.25, 0.3) is 5.91 Å². The van der Waals surface area contributed by atoms with Gasteiger partial charge in [-0.05, 0) is 25.1 Å². The average Bonchev–Trinajstić information content (AvgIpc) is 2.62. The number of hydrogen-bond donors (Lipinski definition) is 1. The zero-order valence-corrected chi connectivity index (χ0v) is 15.5. The number of esters is 1. The lowest BCUT2D eigenvalue weighted by molar-refractivity contribution is -0.148. The molecule has 6 nitrogen and oxygen atoms in total. The first kappa shape index (κ1) is 19.8. The molecule has 0 aliphatic carbocycles. The van der Waals surface area contributed by atoms with E-state index in [-0.39, 0.29) is 10.8 Å². The van der Waals surface area contributed by atoms with E-state index in [0.29, 0.717) is 16.3 Å². The number of amides is 1. The van der Waals surface area contributed by atoms with Crippen LogP contribution in [0, 0.1) is 0 Å². The van der Waals surface area contributed by atoms with E-state index in [9.17, 15) is 9.59 Å². The van der Waals surface area contributed by atoms with Crippen molar-refractivity contribution in [3.63, 3.8) is 0 Å². The van der Waals surface area contributed by atoms with Gasteiger partial charge in [-0.3, -0.25) is 4.79 Å². The van der Waals surface area contributed by atoms with Crippen molar-refractivity contribution in [2.24, 2.45) is 0 Å². The summed E-state index contributed by atoms with van der Waals surface area (Å²) < 4.78 is 10.3. The summed E-state index contributed by atoms with van der Waals surface area (Å²) in [6, 6.07) is 8.62. The van der Waals surface area contributed by atoms with Crippen LogP contribution in [0.5, 0.6) is 5.75 Å². The normalized spacial score (nSPS) is 11.8. The molecule has 0 unspecified atom stereocenters. The second-order valence-corrected chi connectivity index (χ2v) is 5.97. The first-order chi connectivity index (χ1) is 12.4. The molecule has 1 aromatic carbocycles. The number of ether oxygens (including phenoxy) is 2. The lowest BCUT2D eigenvalue weighted by Crippen LogP contribution is -2.29. The summed E-state index contributed by atoms with van der Waals surface area (Å²) in [4.78, 5) is 27.9. The van der Waals surface area contributed by atoms with Crippen molar-refractivity contribution in [1.29, 1.82) is 0 Å². The van der Waals surface area contributed by atoms with E-state index >= 15 is 0 Å². The van der Waals surface area contributed by atoms with E-state index < -0.39 is 18.0 Å². The first-order valence-corrected chi connectivity index (χ1v) is 8.30. The van der Waals surface area contributed by atoms with Crippen molar-refractivity contribution >= 4 is 47.0 Å². The third-order valence-electron chi connectivity index (χ3n) is 3.25. The molecular formula is C18H16Cl2N2O4. The highest BCUT2D eigenvalue weighted by molar-refractivity contribution is 6.36. The van der Waals surface area contributed by atoms with Crippen molar-refractivity contribution < 1.29 is 19.1 Å². The average molecular weight is 395 g/mol. The highest BCUT2D eigenvalue weighted by Gasteiger charge is 2.18. The number of anilines is 1. The van der Waals surface area contributed by atoms with Crippen LogP contribution in [0.15, 0.2) is 42.6 Å². The van der Waals surface area contributed by atoms with Crippen LogP contribution in [0.1, 0.15) is 12.5 Å². The standard InChI is InChI=1S/C18H16Cl2N2O4/c1-11(18(24)22-17-14(20)9-13(19)10-21-17)26-16(23)8-7-12-5-3-4-6-15(12)25-2/h3-11H,1-2H3,(H,21,22,24)/b8-7+/t11-/m1/s1. The number of carbonyl (C=O) groups is 2. The predicted octanol–water partition coefficient (Wildman–Crippen LogP) is 3.98. The minimum atomic E-state index is -1.04. The minimum absolute atomic E-state index is 0.133. The Hall–Kier alpha value is -2.57. The molecule has 1 heterocycles. The minimum Gasteiger partial charge on any atom is -0.496 e. The van der Waals surface area contributed by atoms with Crippen LogP contribution in [-0.2, 0) is 14.3 Å². The van der Waals surface area contributed by atoms with Gasteiger partial charge in [0.2, 0.25) is 0 Å². The van der Waals surface area contributed by atoms with E-state index in [2.05, 4.69) is 10.3 Å². The number of carbonyl (C=O) groups excluding carboxylic acids is 2. The Morgan fingerprint density at radius 2 is 2.00 bits per heavy atom. The molecule has 0 fully saturated rings. The molecule has 0 saturated carbocycles. The quantitative estimate of drug-likeness (QED) is 0.592. The zero-order valence-electron chi connectivity index (χ0n) is 14.0. The van der Waals surface area contributed by atoms with Crippen LogP contribution in [0.2, 0.25) is 10.0 Å². The van der Waals surface area contributed by atoms with Crippen LogP contribution >= 0.6 is 23.2 Å². The maximum Gasteiger partial charge on any atom is 0.331 e. The van der Waals surface area contributed by atoms with Crippen molar-refractivity contribution in [1.82, 2.24) is 4.98 Å². The van der Waals surface area contributed by atoms with Gasteiger partial charge in [-0.1, -0.05) is 41.4 Å². The molecule has 0 aliphatic rings. The van der Waals surface area contributed by atoms with Crippen LogP contribution in [-0.4, -0.2) is 30.1 Å². The van der Waals surface area contributed by atoms with Gasteiger partial charge in [-0.2, -0.15) is 0 Å². The summed E-state index contributed by atoms with van der Waals surface area (Å²) in [5.74, 6) is -0.492. The van der Waals surface area contributed by atoms with Gasteiger partial charge in [-0.15, -0.1) is 0 Å². The summed E-state index contributed by atoms with van der Waals surface area (Å²) in [5, 5.41) is 3.00. The van der Waals surface area contributed by atoms with Crippen molar-refractivity contribution in [2.75, 3.05) is 12.4 Å². The first-order valence-electron chi connectivity index (χ1n) is 7.54. The summed E-state index contributed by atoms with van der Waals surface area (Å²) in [5.41, 5.74) is 0.709. The Bertz CT molecular complexity index is 840. The highest BCUT2D eigenvalue weighted by Crippen LogP contribution is 2.23. The van der Waals surface area contributed by atoms with Gasteiger partial charge < -0.3 is 14.8 Å². The number of hydrogen-bond acceptors (Lipinski definition) is 5. The second-order valence-electron chi connectivity index (χ2n) is 5.13. The van der Waals surface area contributed by atoms with Crippen molar-refractivity contribution in [2.45, 2.75) is 13.0 Å². The van der Waals surface area contributed by atoms with Gasteiger partial charge in [-0.25, -0.2) is 9.78 Å². The fraction of sp³-hybridized carbons (Fsp3) is 0.167. The number of aromatic nitrogens is 1. The SMILES string of the molecule is COc1ccccc1/C=C/C(=O)O[C@H](C)C(=O)Nc1ncc(Cl)cc1Cl. The van der Waals surface area contributed by atoms with Gasteiger partial charge in [0.15, 0.2) is 11.9 Å². The van der Waals surface area contributed by atoms with Crippen molar-refractivity contribution in [3.05, 3.63) is 58.2 Å². The molecule has 0 spiro atoms. The molecule has 1 atom stereocenters. The molecule has 2 aromatic rings. The maximum absolute atomic E-state index is 12.1. The van der Waals surface area contributed by atoms with E-state index in [1.54, 1.807) is 18.2 Å². The molecule has 8 heteroatoms. The van der Waals surface area contributed by atoms with Gasteiger partial charge in [0, 0.05) is 17.8 Å². The Balaban J connectivity index is 1.95. The molecule has 1 aromatic heterocycles. The fourth-order valence-electron chi connectivity index (χ4n) is 1.95. The molecule has 1 N–H and O–H groups in total. The summed E-state index contributed by atoms with van der Waals surface area (Å²) in [6.45, 7) is 1.44. The van der Waals surface area contributed by atoms with Gasteiger partial charge in [0.05, 0.1) is 17.2 Å². The molecule has 0 saturated heterocycles. The fourth-order valence-corrected chi connectivity index (χ4v) is 2.38. The third kappa shape index (κ3) is 5.47. The predicted molar refractivity (Wildman–Crippen MR) is 100 cm³/mol. The Kier molecular flexibility index (Phi) is 7.00. The lowest BCUT2D eigenvalue weighted by Gasteiger charge is -2.12. The van der Waals surface area contributed by atoms with E-state index in [1.807, 2.05) is 12.1 Å². The Morgan fingerprint density at radius 1 is 1.27 bits per heavy atom. The highest BCUT2D eigenvalue weighted by atomic mass is 35.5. The molecule has 0 bridgehead atoms. The number of nitrogens with zero attached hydrogens (tertiary/aromatic N) is 1. The molecule has 26 heavy (non-hydrogen) atoms. The van der Waals surface area contributed by atoms with E-state index in [0.717, 1.165) is 0 Å². The number of rotatable bonds is 6. The van der Waals surface area contributed by atoms with Crippen LogP contribution < -0.4 is 10.1 Å². The molecule has 2 rings (SSSR count). The monoisotopic (exact) mass is 394 g/mol. The van der Waals surface area contributed by atoms with Crippen molar-refractivity contribution in [3.8, 4) is 5.75 Å². The summed E-state index contributed by atoms with van der Waals surface area (Å²) in [7, 11) is 1.54. The smallest absolute Gasteiger partial charge is 0.331 e. The third-order valence-corrected chi connectivity index (χ3v) is 3.74. The number of benzene rings is 1. The zero-order chi connectivity index (χ0) is 19.1. The second kappa shape index (κ2) is 9.22. The van der Waals surface area contributed by atoms with Gasteiger partial charge >= 0.3 is 5.97 Å². The van der Waals surface area contributed by atoms with Crippen LogP contribution in [0.25, 0.3) is 6.08 Å². The number of nitrogens with one attached hydrogen (secondary N) is 1. The van der Waals surface area contributed by atoms with Crippen LogP contribution in [0.4, 0.5) is 5.82 Å². The van der Waals surface area contributed by atoms with Gasteiger partial charge in [0.1, 0.15) is 5.75 Å². The van der Waals surface area contributed by atoms with Crippen LogP contribution in [0.3, 0.4) is 0 Å². The Morgan fingerprint density at radius 3 is 2.69 bits per heavy atom. The number of halogens is 2. The number of para-hydroxylation sites is 1.